The summed E-state index contributed by atoms with van der Waals surface area (Å²) in [7, 11) is 0. The van der Waals surface area contributed by atoms with Crippen molar-refractivity contribution in [2.45, 2.75) is 58.7 Å². The van der Waals surface area contributed by atoms with Crippen LogP contribution in [0, 0.1) is 6.92 Å². The van der Waals surface area contributed by atoms with E-state index in [0.29, 0.717) is 6.04 Å². The molecule has 1 N–H and O–H groups in total. The summed E-state index contributed by atoms with van der Waals surface area (Å²) >= 11 is 6.16. The molecule has 0 radical (unpaired) electrons. The Bertz CT molecular complexity index is 546. The Morgan fingerprint density at radius 3 is 2.57 bits per heavy atom. The predicted molar refractivity (Wildman–Crippen MR) is 93.9 cm³/mol. The summed E-state index contributed by atoms with van der Waals surface area (Å²) in [5.74, 6) is 0. The molecule has 0 aliphatic carbocycles. The van der Waals surface area contributed by atoms with Crippen molar-refractivity contribution in [3.05, 3.63) is 34.3 Å². The number of aryl methyl sites for hydroxylation is 1. The number of amides is 1. The zero-order valence-electron chi connectivity index (χ0n) is 14.5. The minimum absolute atomic E-state index is 0.207. The van der Waals surface area contributed by atoms with E-state index < -0.39 is 5.60 Å². The van der Waals surface area contributed by atoms with E-state index in [4.69, 9.17) is 16.3 Å². The molecular formula is C18H27ClN2O2. The lowest BCUT2D eigenvalue weighted by atomic mass is 10.0. The number of carbonyl (C=O) groups excluding carboxylic acids is 1. The SMILES string of the molecule is Cc1ccc(CNC2CCN(C(=O)OC(C)(C)C)CC2)cc1Cl. The maximum Gasteiger partial charge on any atom is 0.410 e. The van der Waals surface area contributed by atoms with Gasteiger partial charge in [-0.1, -0.05) is 23.7 Å². The third kappa shape index (κ3) is 5.70. The number of rotatable bonds is 3. The lowest BCUT2D eigenvalue weighted by molar-refractivity contribution is 0.0198. The Morgan fingerprint density at radius 2 is 2.00 bits per heavy atom. The number of carbonyl (C=O) groups is 1. The molecule has 1 aliphatic heterocycles. The molecule has 0 atom stereocenters. The van der Waals surface area contributed by atoms with E-state index in [9.17, 15) is 4.79 Å². The molecule has 5 heteroatoms. The fourth-order valence-corrected chi connectivity index (χ4v) is 2.80. The summed E-state index contributed by atoms with van der Waals surface area (Å²) in [5.41, 5.74) is 1.85. The molecule has 1 aromatic carbocycles. The smallest absolute Gasteiger partial charge is 0.410 e. The van der Waals surface area contributed by atoms with Crippen LogP contribution in [0.15, 0.2) is 18.2 Å². The monoisotopic (exact) mass is 338 g/mol. The fraction of sp³-hybridized carbons (Fsp3) is 0.611. The first-order valence-corrected chi connectivity index (χ1v) is 8.59. The maximum atomic E-state index is 12.0. The number of hydrogen-bond donors (Lipinski definition) is 1. The molecule has 2 rings (SSSR count). The van der Waals surface area contributed by atoms with Gasteiger partial charge in [-0.2, -0.15) is 0 Å². The van der Waals surface area contributed by atoms with Crippen molar-refractivity contribution in [2.24, 2.45) is 0 Å². The van der Waals surface area contributed by atoms with E-state index in [2.05, 4.69) is 11.4 Å². The predicted octanol–water partition coefficient (Wildman–Crippen LogP) is 4.14. The number of nitrogens with zero attached hydrogens (tertiary/aromatic N) is 1. The van der Waals surface area contributed by atoms with Gasteiger partial charge in [-0.25, -0.2) is 4.79 Å². The number of benzene rings is 1. The van der Waals surface area contributed by atoms with Crippen LogP contribution in [0.2, 0.25) is 5.02 Å². The molecule has 128 valence electrons. The van der Waals surface area contributed by atoms with E-state index in [-0.39, 0.29) is 6.09 Å². The van der Waals surface area contributed by atoms with E-state index in [1.807, 2.05) is 39.8 Å². The van der Waals surface area contributed by atoms with Crippen LogP contribution in [0.4, 0.5) is 4.79 Å². The van der Waals surface area contributed by atoms with Gasteiger partial charge in [0.2, 0.25) is 0 Å². The van der Waals surface area contributed by atoms with Crippen molar-refractivity contribution < 1.29 is 9.53 Å². The van der Waals surface area contributed by atoms with Crippen LogP contribution in [0.3, 0.4) is 0 Å². The molecule has 23 heavy (non-hydrogen) atoms. The molecule has 0 spiro atoms. The van der Waals surface area contributed by atoms with Crippen LogP contribution in [0.1, 0.15) is 44.7 Å². The fourth-order valence-electron chi connectivity index (χ4n) is 2.60. The van der Waals surface area contributed by atoms with E-state index in [1.165, 1.54) is 5.56 Å². The van der Waals surface area contributed by atoms with Gasteiger partial charge in [-0.15, -0.1) is 0 Å². The Kier molecular flexibility index (Phi) is 5.93. The van der Waals surface area contributed by atoms with Crippen LogP contribution in [-0.4, -0.2) is 35.7 Å². The van der Waals surface area contributed by atoms with Crippen molar-refractivity contribution in [1.29, 1.82) is 0 Å². The van der Waals surface area contributed by atoms with E-state index >= 15 is 0 Å². The van der Waals surface area contributed by atoms with E-state index in [0.717, 1.165) is 43.1 Å². The van der Waals surface area contributed by atoms with Gasteiger partial charge in [-0.3, -0.25) is 0 Å². The van der Waals surface area contributed by atoms with Gasteiger partial charge in [-0.05, 0) is 57.7 Å². The van der Waals surface area contributed by atoms with Crippen molar-refractivity contribution in [2.75, 3.05) is 13.1 Å². The van der Waals surface area contributed by atoms with Crippen LogP contribution < -0.4 is 5.32 Å². The minimum atomic E-state index is -0.434. The summed E-state index contributed by atoms with van der Waals surface area (Å²) in [6.07, 6.45) is 1.68. The van der Waals surface area contributed by atoms with Crippen molar-refractivity contribution in [3.8, 4) is 0 Å². The molecule has 1 aromatic rings. The second kappa shape index (κ2) is 7.54. The molecule has 4 nitrogen and oxygen atoms in total. The van der Waals surface area contributed by atoms with Gasteiger partial charge in [0.25, 0.3) is 0 Å². The average molecular weight is 339 g/mol. The summed E-state index contributed by atoms with van der Waals surface area (Å²) in [6.45, 7) is 9.97. The topological polar surface area (TPSA) is 41.6 Å². The number of halogens is 1. The molecule has 1 fully saturated rings. The summed E-state index contributed by atoms with van der Waals surface area (Å²) in [5, 5.41) is 4.36. The first-order chi connectivity index (χ1) is 10.7. The first-order valence-electron chi connectivity index (χ1n) is 8.21. The van der Waals surface area contributed by atoms with Gasteiger partial charge in [0, 0.05) is 30.7 Å². The summed E-state index contributed by atoms with van der Waals surface area (Å²) < 4.78 is 5.42. The number of nitrogens with one attached hydrogen (secondary N) is 1. The molecule has 1 heterocycles. The van der Waals surface area contributed by atoms with Crippen molar-refractivity contribution in [3.63, 3.8) is 0 Å². The highest BCUT2D eigenvalue weighted by Crippen LogP contribution is 2.18. The van der Waals surface area contributed by atoms with Gasteiger partial charge in [0.1, 0.15) is 5.60 Å². The first kappa shape index (κ1) is 18.1. The third-order valence-corrected chi connectivity index (χ3v) is 4.38. The van der Waals surface area contributed by atoms with Gasteiger partial charge >= 0.3 is 6.09 Å². The maximum absolute atomic E-state index is 12.0. The molecular weight excluding hydrogens is 312 g/mol. The summed E-state index contributed by atoms with van der Waals surface area (Å²) in [6, 6.07) is 6.59. The molecule has 0 bridgehead atoms. The number of piperidine rings is 1. The highest BCUT2D eigenvalue weighted by Gasteiger charge is 2.26. The number of hydrogen-bond acceptors (Lipinski definition) is 3. The molecule has 0 saturated carbocycles. The van der Waals surface area contributed by atoms with Gasteiger partial charge in [0.15, 0.2) is 0 Å². The van der Waals surface area contributed by atoms with E-state index in [1.54, 1.807) is 4.90 Å². The Labute approximate surface area is 144 Å². The highest BCUT2D eigenvalue weighted by atomic mass is 35.5. The molecule has 1 saturated heterocycles. The van der Waals surface area contributed by atoms with Crippen LogP contribution in [0.25, 0.3) is 0 Å². The van der Waals surface area contributed by atoms with Gasteiger partial charge in [0.05, 0.1) is 0 Å². The second-order valence-electron chi connectivity index (χ2n) is 7.21. The van der Waals surface area contributed by atoms with Crippen LogP contribution in [0.5, 0.6) is 0 Å². The number of ether oxygens (including phenoxy) is 1. The van der Waals surface area contributed by atoms with Crippen molar-refractivity contribution >= 4 is 17.7 Å². The minimum Gasteiger partial charge on any atom is -0.444 e. The van der Waals surface area contributed by atoms with Crippen molar-refractivity contribution in [1.82, 2.24) is 10.2 Å². The lowest BCUT2D eigenvalue weighted by Crippen LogP contribution is -2.46. The van der Waals surface area contributed by atoms with Crippen LogP contribution in [-0.2, 0) is 11.3 Å². The normalized spacial score (nSPS) is 16.5. The lowest BCUT2D eigenvalue weighted by Gasteiger charge is -2.33. The highest BCUT2D eigenvalue weighted by molar-refractivity contribution is 6.31. The zero-order valence-corrected chi connectivity index (χ0v) is 15.2. The molecule has 0 unspecified atom stereocenters. The van der Waals surface area contributed by atoms with Crippen LogP contribution >= 0.6 is 11.6 Å². The largest absolute Gasteiger partial charge is 0.444 e. The third-order valence-electron chi connectivity index (χ3n) is 3.98. The Morgan fingerprint density at radius 1 is 1.35 bits per heavy atom. The summed E-state index contributed by atoms with van der Waals surface area (Å²) in [4.78, 5) is 13.8. The Hall–Kier alpha value is -1.26. The molecule has 1 aliphatic rings. The quantitative estimate of drug-likeness (QED) is 0.900. The average Bonchev–Trinajstić information content (AvgIpc) is 2.47. The van der Waals surface area contributed by atoms with Gasteiger partial charge < -0.3 is 15.0 Å². The number of likely N-dealkylation sites (tertiary alicyclic amines) is 1. The zero-order chi connectivity index (χ0) is 17.0. The second-order valence-corrected chi connectivity index (χ2v) is 7.61. The standard InChI is InChI=1S/C18H27ClN2O2/c1-13-5-6-14(11-16(13)19)12-20-15-7-9-21(10-8-15)17(22)23-18(2,3)4/h5-6,11,15,20H,7-10,12H2,1-4H3. The Balaban J connectivity index is 1.76. The molecule has 0 aromatic heterocycles. The molecule has 1 amide bonds.